The van der Waals surface area contributed by atoms with Gasteiger partial charge < -0.3 is 57.6 Å². The van der Waals surface area contributed by atoms with E-state index in [2.05, 4.69) is 5.32 Å². The molecule has 1 aliphatic heterocycles. The summed E-state index contributed by atoms with van der Waals surface area (Å²) in [5.74, 6) is 0. The number of rotatable bonds is 28. The van der Waals surface area contributed by atoms with Crippen molar-refractivity contribution in [3.63, 3.8) is 0 Å². The summed E-state index contributed by atoms with van der Waals surface area (Å²) in [6.45, 7) is 16.8. The van der Waals surface area contributed by atoms with Crippen LogP contribution in [0.4, 0.5) is 4.79 Å². The summed E-state index contributed by atoms with van der Waals surface area (Å²) in [7, 11) is 1.68. The fraction of sp³-hybridized carbons (Fsp3) is 0.966. The summed E-state index contributed by atoms with van der Waals surface area (Å²) in [5, 5.41) is 3.32. The topological polar surface area (TPSA) is 125 Å². The third-order valence-electron chi connectivity index (χ3n) is 5.75. The quantitative estimate of drug-likeness (QED) is 0.130. The van der Waals surface area contributed by atoms with Crippen LogP contribution in [0, 0.1) is 0 Å². The fourth-order valence-corrected chi connectivity index (χ4v) is 3.51. The molecule has 13 nitrogen and oxygen atoms in total. The van der Waals surface area contributed by atoms with Gasteiger partial charge in [0, 0.05) is 13.6 Å². The third-order valence-corrected chi connectivity index (χ3v) is 5.75. The Bertz CT molecular complexity index is 605. The molecule has 0 spiro atoms. The predicted molar refractivity (Wildman–Crippen MR) is 157 cm³/mol. The van der Waals surface area contributed by atoms with Crippen molar-refractivity contribution >= 4 is 6.09 Å². The van der Waals surface area contributed by atoms with Crippen LogP contribution in [0.25, 0.3) is 0 Å². The van der Waals surface area contributed by atoms with Crippen LogP contribution in [0.1, 0.15) is 33.6 Å². The maximum Gasteiger partial charge on any atom is 0.410 e. The van der Waals surface area contributed by atoms with E-state index in [1.165, 1.54) is 4.90 Å². The number of carbonyl (C=O) groups is 1. The Morgan fingerprint density at radius 3 is 1.29 bits per heavy atom. The number of hydrogen-bond acceptors (Lipinski definition) is 12. The lowest BCUT2D eigenvalue weighted by atomic mass is 10.1. The summed E-state index contributed by atoms with van der Waals surface area (Å²) < 4.78 is 54.9. The average Bonchev–Trinajstić information content (AvgIpc) is 2.96. The average molecular weight is 611 g/mol. The van der Waals surface area contributed by atoms with Crippen molar-refractivity contribution in [1.82, 2.24) is 10.2 Å². The Balaban J connectivity index is 1.67. The van der Waals surface area contributed by atoms with E-state index >= 15 is 0 Å². The first kappa shape index (κ1) is 38.9. The van der Waals surface area contributed by atoms with E-state index in [-0.39, 0.29) is 6.09 Å². The Labute approximate surface area is 253 Å². The van der Waals surface area contributed by atoms with Gasteiger partial charge in [0.2, 0.25) is 0 Å². The van der Waals surface area contributed by atoms with Gasteiger partial charge in [0.25, 0.3) is 0 Å². The second-order valence-electron chi connectivity index (χ2n) is 10.6. The first-order valence-electron chi connectivity index (χ1n) is 15.3. The molecule has 0 bridgehead atoms. The highest BCUT2D eigenvalue weighted by molar-refractivity contribution is 5.67. The summed E-state index contributed by atoms with van der Waals surface area (Å²) in [5.41, 5.74) is -0.505. The molecule has 0 radical (unpaired) electrons. The monoisotopic (exact) mass is 610 g/mol. The molecule has 1 amide bonds. The van der Waals surface area contributed by atoms with Crippen LogP contribution in [0.2, 0.25) is 0 Å². The molecule has 0 aliphatic carbocycles. The SMILES string of the molecule is CN(CCOCCOCCOCCOCCOCCOCCOCCOCCOC1CCNCC1)C(=O)OC(C)(C)C. The second-order valence-corrected chi connectivity index (χ2v) is 10.6. The zero-order valence-corrected chi connectivity index (χ0v) is 26.6. The molecular weight excluding hydrogens is 552 g/mol. The number of piperidine rings is 1. The van der Waals surface area contributed by atoms with Gasteiger partial charge in [-0.05, 0) is 46.7 Å². The molecule has 0 aromatic rings. The molecule has 1 heterocycles. The van der Waals surface area contributed by atoms with Crippen molar-refractivity contribution in [2.75, 3.05) is 139 Å². The van der Waals surface area contributed by atoms with Crippen molar-refractivity contribution < 1.29 is 52.2 Å². The second kappa shape index (κ2) is 27.4. The highest BCUT2D eigenvalue weighted by Gasteiger charge is 2.19. The highest BCUT2D eigenvalue weighted by atomic mass is 16.6. The maximum atomic E-state index is 11.8. The Morgan fingerprint density at radius 2 is 0.929 bits per heavy atom. The van der Waals surface area contributed by atoms with Crippen molar-refractivity contribution in [2.24, 2.45) is 0 Å². The van der Waals surface area contributed by atoms with Gasteiger partial charge in [0.05, 0.1) is 118 Å². The van der Waals surface area contributed by atoms with Crippen LogP contribution >= 0.6 is 0 Å². The van der Waals surface area contributed by atoms with Crippen LogP contribution in [0.3, 0.4) is 0 Å². The van der Waals surface area contributed by atoms with E-state index < -0.39 is 5.60 Å². The van der Waals surface area contributed by atoms with E-state index in [4.69, 9.17) is 47.4 Å². The Kier molecular flexibility index (Phi) is 25.4. The molecule has 1 fully saturated rings. The lowest BCUT2D eigenvalue weighted by Crippen LogP contribution is -2.36. The minimum Gasteiger partial charge on any atom is -0.444 e. The van der Waals surface area contributed by atoms with Crippen molar-refractivity contribution in [1.29, 1.82) is 0 Å². The predicted octanol–water partition coefficient (Wildman–Crippen LogP) is 1.75. The van der Waals surface area contributed by atoms with E-state index in [1.807, 2.05) is 20.8 Å². The fourth-order valence-electron chi connectivity index (χ4n) is 3.51. The Hall–Kier alpha value is -1.13. The minimum absolute atomic E-state index is 0.360. The standard InChI is InChI=1S/C29H58N2O11/c1-29(2,3)42-28(32)31(4)9-10-33-11-12-34-13-14-35-15-16-36-17-18-37-19-20-38-21-22-39-23-24-40-25-26-41-27-5-7-30-8-6-27/h27,30H,5-26H2,1-4H3. The number of carbonyl (C=O) groups excluding carboxylic acids is 1. The van der Waals surface area contributed by atoms with Gasteiger partial charge in [-0.3, -0.25) is 0 Å². The molecule has 0 atom stereocenters. The number of ether oxygens (including phenoxy) is 10. The molecule has 1 saturated heterocycles. The van der Waals surface area contributed by atoms with Gasteiger partial charge >= 0.3 is 6.09 Å². The van der Waals surface area contributed by atoms with E-state index in [9.17, 15) is 4.79 Å². The van der Waals surface area contributed by atoms with E-state index in [0.717, 1.165) is 25.9 Å². The van der Waals surface area contributed by atoms with Gasteiger partial charge in [-0.15, -0.1) is 0 Å². The van der Waals surface area contributed by atoms with Crippen molar-refractivity contribution in [3.8, 4) is 0 Å². The zero-order valence-electron chi connectivity index (χ0n) is 26.6. The van der Waals surface area contributed by atoms with Crippen LogP contribution < -0.4 is 5.32 Å². The van der Waals surface area contributed by atoms with Crippen molar-refractivity contribution in [3.05, 3.63) is 0 Å². The number of nitrogens with one attached hydrogen (secondary N) is 1. The lowest BCUT2D eigenvalue weighted by molar-refractivity contribution is -0.0319. The summed E-state index contributed by atoms with van der Waals surface area (Å²) in [6, 6.07) is 0. The number of likely N-dealkylation sites (N-methyl/N-ethyl adjacent to an activating group) is 1. The molecule has 1 aliphatic rings. The van der Waals surface area contributed by atoms with Gasteiger partial charge in [-0.2, -0.15) is 0 Å². The molecule has 0 aromatic heterocycles. The molecule has 250 valence electrons. The molecular formula is C29H58N2O11. The summed E-state index contributed by atoms with van der Waals surface area (Å²) in [6.07, 6.45) is 2.17. The molecule has 42 heavy (non-hydrogen) atoms. The molecule has 1 rings (SSSR count). The molecule has 0 aromatic carbocycles. The molecule has 0 saturated carbocycles. The van der Waals surface area contributed by atoms with E-state index in [0.29, 0.717) is 125 Å². The van der Waals surface area contributed by atoms with Gasteiger partial charge in [0.15, 0.2) is 0 Å². The lowest BCUT2D eigenvalue weighted by Gasteiger charge is -2.24. The van der Waals surface area contributed by atoms with Crippen LogP contribution in [0.5, 0.6) is 0 Å². The number of amides is 1. The smallest absolute Gasteiger partial charge is 0.410 e. The van der Waals surface area contributed by atoms with Crippen LogP contribution in [-0.2, 0) is 47.4 Å². The maximum absolute atomic E-state index is 11.8. The van der Waals surface area contributed by atoms with Gasteiger partial charge in [-0.1, -0.05) is 0 Å². The number of nitrogens with zero attached hydrogens (tertiary/aromatic N) is 1. The Morgan fingerprint density at radius 1 is 0.595 bits per heavy atom. The molecule has 13 heteroatoms. The van der Waals surface area contributed by atoms with E-state index in [1.54, 1.807) is 7.05 Å². The largest absolute Gasteiger partial charge is 0.444 e. The summed E-state index contributed by atoms with van der Waals surface area (Å²) >= 11 is 0. The normalized spacial score (nSPS) is 14.4. The highest BCUT2D eigenvalue weighted by Crippen LogP contribution is 2.09. The van der Waals surface area contributed by atoms with Gasteiger partial charge in [0.1, 0.15) is 5.60 Å². The minimum atomic E-state index is -0.505. The summed E-state index contributed by atoms with van der Waals surface area (Å²) in [4.78, 5) is 13.3. The third kappa shape index (κ3) is 26.5. The van der Waals surface area contributed by atoms with Gasteiger partial charge in [-0.25, -0.2) is 4.79 Å². The number of hydrogen-bond donors (Lipinski definition) is 1. The first-order chi connectivity index (χ1) is 20.4. The molecule has 1 N–H and O–H groups in total. The van der Waals surface area contributed by atoms with Crippen LogP contribution in [0.15, 0.2) is 0 Å². The van der Waals surface area contributed by atoms with Crippen LogP contribution in [-0.4, -0.2) is 162 Å². The molecule has 0 unspecified atom stereocenters. The zero-order chi connectivity index (χ0) is 30.6. The van der Waals surface area contributed by atoms with Crippen molar-refractivity contribution in [2.45, 2.75) is 45.3 Å². The first-order valence-corrected chi connectivity index (χ1v) is 15.3.